The van der Waals surface area contributed by atoms with Gasteiger partial charge < -0.3 is 20.9 Å². The Morgan fingerprint density at radius 3 is 2.37 bits per heavy atom. The first-order valence-corrected chi connectivity index (χ1v) is 9.60. The lowest BCUT2D eigenvalue weighted by Gasteiger charge is -2.20. The van der Waals surface area contributed by atoms with E-state index >= 15 is 0 Å². The molecule has 4 rings (SSSR count). The molecule has 0 saturated heterocycles. The maximum absolute atomic E-state index is 13.1. The normalized spacial score (nSPS) is 12.1. The molecule has 0 amide bonds. The zero-order valence-electron chi connectivity index (χ0n) is 17.1. The second-order valence-electron chi connectivity index (χ2n) is 7.13. The number of methoxy groups -OCH3 is 2. The average Bonchev–Trinajstić information content (AvgIpc) is 2.76. The van der Waals surface area contributed by atoms with Crippen LogP contribution < -0.4 is 20.9 Å². The zero-order valence-corrected chi connectivity index (χ0v) is 17.1. The van der Waals surface area contributed by atoms with Crippen molar-refractivity contribution in [1.29, 1.82) is 0 Å². The Morgan fingerprint density at radius 1 is 1.00 bits per heavy atom. The van der Waals surface area contributed by atoms with Gasteiger partial charge in [0.15, 0.2) is 11.5 Å². The molecule has 30 heavy (non-hydrogen) atoms. The van der Waals surface area contributed by atoms with Crippen LogP contribution in [0.1, 0.15) is 17.3 Å². The number of benzene rings is 3. The van der Waals surface area contributed by atoms with Crippen LogP contribution in [0, 0.1) is 0 Å². The Bertz CT molecular complexity index is 1270. The van der Waals surface area contributed by atoms with E-state index in [1.807, 2.05) is 54.6 Å². The van der Waals surface area contributed by atoms with E-state index in [-0.39, 0.29) is 17.0 Å². The van der Waals surface area contributed by atoms with E-state index in [0.29, 0.717) is 22.5 Å². The number of ketones is 1. The van der Waals surface area contributed by atoms with Crippen molar-refractivity contribution in [3.05, 3.63) is 60.2 Å². The number of nitrogen functional groups attached to an aromatic ring is 1. The lowest BCUT2D eigenvalue weighted by Crippen LogP contribution is -2.28. The van der Waals surface area contributed by atoms with E-state index < -0.39 is 6.04 Å². The number of carbonyl (C=O) groups is 1. The largest absolute Gasteiger partial charge is 0.494 e. The molecule has 3 aromatic carbocycles. The zero-order chi connectivity index (χ0) is 21.4. The van der Waals surface area contributed by atoms with Gasteiger partial charge in [-0.2, -0.15) is 0 Å². The second kappa shape index (κ2) is 7.65. The van der Waals surface area contributed by atoms with Crippen molar-refractivity contribution in [2.45, 2.75) is 13.0 Å². The first-order valence-electron chi connectivity index (χ1n) is 9.60. The van der Waals surface area contributed by atoms with E-state index in [9.17, 15) is 4.79 Å². The fourth-order valence-corrected chi connectivity index (χ4v) is 3.80. The standard InChI is InChI=1S/C24H23N3O3/c1-13(25)23(28)19-20(26)24(30-3)18(14-8-5-4-6-9-14)16-12-15-10-7-11-17(29-2)21(15)27-22(16)19/h4-13H,25-26H2,1-3H3. The molecule has 0 aliphatic carbocycles. The van der Waals surface area contributed by atoms with Crippen LogP contribution >= 0.6 is 0 Å². The van der Waals surface area contributed by atoms with Crippen LogP contribution in [0.4, 0.5) is 5.69 Å². The number of nitrogens with zero attached hydrogens (tertiary/aromatic N) is 1. The van der Waals surface area contributed by atoms with Crippen LogP contribution in [0.25, 0.3) is 32.9 Å². The van der Waals surface area contributed by atoms with Gasteiger partial charge in [-0.25, -0.2) is 4.98 Å². The fraction of sp³-hybridized carbons (Fsp3) is 0.167. The molecule has 152 valence electrons. The molecular formula is C24H23N3O3. The monoisotopic (exact) mass is 401 g/mol. The highest BCUT2D eigenvalue weighted by atomic mass is 16.5. The topological polar surface area (TPSA) is 100 Å². The molecular weight excluding hydrogens is 378 g/mol. The molecule has 0 spiro atoms. The Labute approximate surface area is 174 Å². The quantitative estimate of drug-likeness (QED) is 0.295. The molecule has 1 heterocycles. The maximum atomic E-state index is 13.1. The highest BCUT2D eigenvalue weighted by molar-refractivity contribution is 6.19. The predicted molar refractivity (Wildman–Crippen MR) is 120 cm³/mol. The van der Waals surface area contributed by atoms with Crippen molar-refractivity contribution in [1.82, 2.24) is 4.98 Å². The Hall–Kier alpha value is -3.64. The van der Waals surface area contributed by atoms with E-state index in [0.717, 1.165) is 21.9 Å². The molecule has 4 N–H and O–H groups in total. The molecule has 0 fully saturated rings. The summed E-state index contributed by atoms with van der Waals surface area (Å²) in [6.07, 6.45) is 0. The summed E-state index contributed by atoms with van der Waals surface area (Å²) in [6.45, 7) is 1.63. The van der Waals surface area contributed by atoms with Crippen LogP contribution in [-0.4, -0.2) is 31.0 Å². The molecule has 0 bridgehead atoms. The Kier molecular flexibility index (Phi) is 5.01. The molecule has 0 aliphatic heterocycles. The smallest absolute Gasteiger partial charge is 0.183 e. The summed E-state index contributed by atoms with van der Waals surface area (Å²) in [4.78, 5) is 17.9. The Balaban J connectivity index is 2.25. The lowest BCUT2D eigenvalue weighted by molar-refractivity contribution is 0.0970. The summed E-state index contributed by atoms with van der Waals surface area (Å²) in [5.74, 6) is 0.753. The van der Waals surface area contributed by atoms with Gasteiger partial charge in [0.05, 0.1) is 37.0 Å². The number of fused-ring (bicyclic) bond motifs is 2. The summed E-state index contributed by atoms with van der Waals surface area (Å²) < 4.78 is 11.2. The summed E-state index contributed by atoms with van der Waals surface area (Å²) >= 11 is 0. The minimum absolute atomic E-state index is 0.230. The number of rotatable bonds is 5. The van der Waals surface area contributed by atoms with Crippen LogP contribution in [0.2, 0.25) is 0 Å². The lowest BCUT2D eigenvalue weighted by atomic mass is 9.91. The van der Waals surface area contributed by atoms with Crippen LogP contribution in [-0.2, 0) is 0 Å². The van der Waals surface area contributed by atoms with Gasteiger partial charge in [0.2, 0.25) is 0 Å². The highest BCUT2D eigenvalue weighted by Crippen LogP contribution is 2.45. The number of hydrogen-bond donors (Lipinski definition) is 2. The SMILES string of the molecule is COc1c(N)c(C(=O)C(C)N)c2nc3c(OC)cccc3cc2c1-c1ccccc1. The second-order valence-corrected chi connectivity index (χ2v) is 7.13. The molecule has 6 nitrogen and oxygen atoms in total. The number of hydrogen-bond acceptors (Lipinski definition) is 6. The van der Waals surface area contributed by atoms with Gasteiger partial charge in [-0.05, 0) is 24.6 Å². The van der Waals surface area contributed by atoms with E-state index in [2.05, 4.69) is 0 Å². The van der Waals surface area contributed by atoms with Gasteiger partial charge in [0.25, 0.3) is 0 Å². The third-order valence-electron chi connectivity index (χ3n) is 5.20. The van der Waals surface area contributed by atoms with Crippen molar-refractivity contribution in [2.75, 3.05) is 20.0 Å². The fourth-order valence-electron chi connectivity index (χ4n) is 3.80. The number of Topliss-reactive ketones (excluding diaryl/α,β-unsaturated/α-hetero) is 1. The Morgan fingerprint density at radius 2 is 1.73 bits per heavy atom. The molecule has 1 unspecified atom stereocenters. The van der Waals surface area contributed by atoms with E-state index in [4.69, 9.17) is 25.9 Å². The van der Waals surface area contributed by atoms with Crippen molar-refractivity contribution >= 4 is 33.3 Å². The summed E-state index contributed by atoms with van der Waals surface area (Å²) in [5.41, 5.74) is 15.7. The minimum Gasteiger partial charge on any atom is -0.494 e. The predicted octanol–water partition coefficient (Wildman–Crippen LogP) is 4.18. The van der Waals surface area contributed by atoms with Gasteiger partial charge in [-0.15, -0.1) is 0 Å². The number of para-hydroxylation sites is 1. The van der Waals surface area contributed by atoms with Gasteiger partial charge in [0, 0.05) is 16.3 Å². The molecule has 0 aliphatic rings. The van der Waals surface area contributed by atoms with E-state index in [1.54, 1.807) is 21.1 Å². The van der Waals surface area contributed by atoms with Crippen LogP contribution in [0.15, 0.2) is 54.6 Å². The van der Waals surface area contributed by atoms with Crippen LogP contribution in [0.3, 0.4) is 0 Å². The third-order valence-corrected chi connectivity index (χ3v) is 5.20. The number of pyridine rings is 1. The van der Waals surface area contributed by atoms with Gasteiger partial charge in [-0.1, -0.05) is 42.5 Å². The van der Waals surface area contributed by atoms with Gasteiger partial charge >= 0.3 is 0 Å². The average molecular weight is 401 g/mol. The summed E-state index contributed by atoms with van der Waals surface area (Å²) in [7, 11) is 3.13. The minimum atomic E-state index is -0.738. The number of aromatic nitrogens is 1. The van der Waals surface area contributed by atoms with Crippen molar-refractivity contribution < 1.29 is 14.3 Å². The highest BCUT2D eigenvalue weighted by Gasteiger charge is 2.27. The maximum Gasteiger partial charge on any atom is 0.183 e. The van der Waals surface area contributed by atoms with Gasteiger partial charge in [-0.3, -0.25) is 4.79 Å². The van der Waals surface area contributed by atoms with Crippen molar-refractivity contribution in [3.8, 4) is 22.6 Å². The molecule has 0 saturated carbocycles. The molecule has 4 aromatic rings. The molecule has 1 atom stereocenters. The first kappa shape index (κ1) is 19.7. The number of ether oxygens (including phenoxy) is 2. The number of carbonyl (C=O) groups excluding carboxylic acids is 1. The van der Waals surface area contributed by atoms with Gasteiger partial charge in [0.1, 0.15) is 11.3 Å². The third kappa shape index (κ3) is 3.02. The number of anilines is 1. The van der Waals surface area contributed by atoms with Crippen molar-refractivity contribution in [2.24, 2.45) is 5.73 Å². The summed E-state index contributed by atoms with van der Waals surface area (Å²) in [6, 6.07) is 16.7. The molecule has 1 aromatic heterocycles. The van der Waals surface area contributed by atoms with Crippen LogP contribution in [0.5, 0.6) is 11.5 Å². The molecule has 6 heteroatoms. The van der Waals surface area contributed by atoms with Crippen molar-refractivity contribution in [3.63, 3.8) is 0 Å². The molecule has 0 radical (unpaired) electrons. The first-order chi connectivity index (χ1) is 14.5. The number of nitrogens with two attached hydrogens (primary N) is 2. The summed E-state index contributed by atoms with van der Waals surface area (Å²) in [5, 5.41) is 1.64. The van der Waals surface area contributed by atoms with E-state index in [1.165, 1.54) is 0 Å².